The molecule has 3 rings (SSSR count). The van der Waals surface area contributed by atoms with Crippen LogP contribution in [0.3, 0.4) is 0 Å². The van der Waals surface area contributed by atoms with Gasteiger partial charge in [0.1, 0.15) is 0 Å². The normalized spacial score (nSPS) is 17.1. The monoisotopic (exact) mass is 438 g/mol. The van der Waals surface area contributed by atoms with Gasteiger partial charge in [-0.2, -0.15) is 0 Å². The second-order valence-electron chi connectivity index (χ2n) is 8.16. The molecule has 1 aromatic heterocycles. The zero-order valence-corrected chi connectivity index (χ0v) is 18.4. The summed E-state index contributed by atoms with van der Waals surface area (Å²) in [4.78, 5) is 12.1. The van der Waals surface area contributed by atoms with Crippen LogP contribution in [0.5, 0.6) is 0 Å². The molecule has 0 unspecified atom stereocenters. The molecule has 2 N–H and O–H groups in total. The molecular weight excluding hydrogens is 412 g/mol. The number of aromatic nitrogens is 2. The van der Waals surface area contributed by atoms with E-state index in [1.807, 2.05) is 30.3 Å². The van der Waals surface area contributed by atoms with E-state index in [2.05, 4.69) is 20.2 Å². The van der Waals surface area contributed by atoms with Crippen molar-refractivity contribution in [1.29, 1.82) is 0 Å². The van der Waals surface area contributed by atoms with Crippen molar-refractivity contribution in [2.45, 2.75) is 43.4 Å². The van der Waals surface area contributed by atoms with E-state index in [4.69, 9.17) is 4.74 Å². The zero-order valence-electron chi connectivity index (χ0n) is 16.8. The fourth-order valence-electron chi connectivity index (χ4n) is 3.07. The SMILES string of the molecule is CC(C)(C)C(=O)Nc1nnc(S(=O)(=O)NCC2(c3ccccc3)CCOCC2)s1. The molecule has 1 aliphatic heterocycles. The summed E-state index contributed by atoms with van der Waals surface area (Å²) in [7, 11) is -3.85. The number of hydrogen-bond acceptors (Lipinski definition) is 7. The summed E-state index contributed by atoms with van der Waals surface area (Å²) in [6.07, 6.45) is 1.45. The maximum atomic E-state index is 12.8. The Balaban J connectivity index is 1.74. The van der Waals surface area contributed by atoms with Crippen LogP contribution in [0.15, 0.2) is 34.7 Å². The van der Waals surface area contributed by atoms with Crippen molar-refractivity contribution in [2.24, 2.45) is 5.41 Å². The molecule has 0 bridgehead atoms. The molecule has 10 heteroatoms. The minimum atomic E-state index is -3.85. The molecule has 0 radical (unpaired) electrons. The Bertz CT molecular complexity index is 946. The van der Waals surface area contributed by atoms with Gasteiger partial charge in [0.15, 0.2) is 0 Å². The minimum Gasteiger partial charge on any atom is -0.381 e. The predicted octanol–water partition coefficient (Wildman–Crippen LogP) is 2.55. The third-order valence-corrected chi connectivity index (χ3v) is 7.58. The van der Waals surface area contributed by atoms with E-state index in [0.29, 0.717) is 13.2 Å². The van der Waals surface area contributed by atoms with E-state index in [0.717, 1.165) is 29.7 Å². The van der Waals surface area contributed by atoms with Crippen LogP contribution in [-0.4, -0.2) is 44.3 Å². The van der Waals surface area contributed by atoms with E-state index < -0.39 is 15.4 Å². The van der Waals surface area contributed by atoms with E-state index in [-0.39, 0.29) is 27.3 Å². The highest BCUT2D eigenvalue weighted by Gasteiger charge is 2.36. The largest absolute Gasteiger partial charge is 0.381 e. The quantitative estimate of drug-likeness (QED) is 0.671. The van der Waals surface area contributed by atoms with Gasteiger partial charge in [-0.15, -0.1) is 10.2 Å². The number of nitrogens with one attached hydrogen (secondary N) is 2. The van der Waals surface area contributed by atoms with Crippen LogP contribution < -0.4 is 10.0 Å². The number of rotatable bonds is 6. The second-order valence-corrected chi connectivity index (χ2v) is 11.1. The Hall–Kier alpha value is -1.88. The van der Waals surface area contributed by atoms with Crippen molar-refractivity contribution in [2.75, 3.05) is 25.1 Å². The van der Waals surface area contributed by atoms with E-state index in [9.17, 15) is 13.2 Å². The van der Waals surface area contributed by atoms with Crippen LogP contribution >= 0.6 is 11.3 Å². The maximum Gasteiger partial charge on any atom is 0.269 e. The van der Waals surface area contributed by atoms with Crippen molar-refractivity contribution < 1.29 is 17.9 Å². The highest BCUT2D eigenvalue weighted by Crippen LogP contribution is 2.34. The molecule has 1 aliphatic rings. The van der Waals surface area contributed by atoms with Crippen LogP contribution in [0.4, 0.5) is 5.13 Å². The standard InChI is InChI=1S/C19H26N4O4S2/c1-18(2,3)15(24)21-16-22-23-17(28-16)29(25,26)20-13-19(9-11-27-12-10-19)14-7-5-4-6-8-14/h4-8,20H,9-13H2,1-3H3,(H,21,22,24). The minimum absolute atomic E-state index is 0.161. The molecular formula is C19H26N4O4S2. The number of amides is 1. The lowest BCUT2D eigenvalue weighted by Crippen LogP contribution is -2.44. The molecule has 2 heterocycles. The molecule has 8 nitrogen and oxygen atoms in total. The molecule has 1 amide bonds. The van der Waals surface area contributed by atoms with Gasteiger partial charge in [0, 0.05) is 30.6 Å². The van der Waals surface area contributed by atoms with Crippen LogP contribution in [0.1, 0.15) is 39.2 Å². The summed E-state index contributed by atoms with van der Waals surface area (Å²) in [5.41, 5.74) is 0.135. The van der Waals surface area contributed by atoms with Gasteiger partial charge >= 0.3 is 0 Å². The summed E-state index contributed by atoms with van der Waals surface area (Å²) in [6, 6.07) is 9.89. The molecule has 29 heavy (non-hydrogen) atoms. The third kappa shape index (κ3) is 5.19. The Morgan fingerprint density at radius 3 is 2.45 bits per heavy atom. The van der Waals surface area contributed by atoms with Gasteiger partial charge in [0.05, 0.1) is 0 Å². The third-order valence-electron chi connectivity index (χ3n) is 4.97. The Morgan fingerprint density at radius 2 is 1.83 bits per heavy atom. The maximum absolute atomic E-state index is 12.8. The first-order valence-corrected chi connectivity index (χ1v) is 11.7. The highest BCUT2D eigenvalue weighted by molar-refractivity contribution is 7.91. The number of anilines is 1. The van der Waals surface area contributed by atoms with E-state index >= 15 is 0 Å². The number of ether oxygens (including phenoxy) is 1. The lowest BCUT2D eigenvalue weighted by Gasteiger charge is -2.37. The van der Waals surface area contributed by atoms with Crippen LogP contribution in [0.2, 0.25) is 0 Å². The Morgan fingerprint density at radius 1 is 1.17 bits per heavy atom. The van der Waals surface area contributed by atoms with Crippen molar-refractivity contribution in [3.8, 4) is 0 Å². The van der Waals surface area contributed by atoms with E-state index in [1.165, 1.54) is 0 Å². The first kappa shape index (κ1) is 21.8. The predicted molar refractivity (Wildman–Crippen MR) is 111 cm³/mol. The molecule has 0 spiro atoms. The van der Waals surface area contributed by atoms with Gasteiger partial charge in [0.2, 0.25) is 15.4 Å². The zero-order chi connectivity index (χ0) is 21.1. The van der Waals surface area contributed by atoms with Crippen molar-refractivity contribution >= 4 is 32.4 Å². The van der Waals surface area contributed by atoms with Gasteiger partial charge in [0.25, 0.3) is 10.0 Å². The molecule has 0 atom stereocenters. The summed E-state index contributed by atoms with van der Waals surface area (Å²) in [5, 5.41) is 10.3. The highest BCUT2D eigenvalue weighted by atomic mass is 32.2. The molecule has 1 fully saturated rings. The lowest BCUT2D eigenvalue weighted by molar-refractivity contribution is -0.123. The summed E-state index contributed by atoms with van der Waals surface area (Å²) < 4.78 is 33.6. The van der Waals surface area contributed by atoms with Crippen LogP contribution in [0, 0.1) is 5.41 Å². The molecule has 0 aliphatic carbocycles. The van der Waals surface area contributed by atoms with Crippen LogP contribution in [0.25, 0.3) is 0 Å². The summed E-state index contributed by atoms with van der Waals surface area (Å²) in [5.74, 6) is -0.254. The van der Waals surface area contributed by atoms with E-state index in [1.54, 1.807) is 20.8 Å². The average Bonchev–Trinajstić information content (AvgIpc) is 3.17. The molecule has 158 valence electrons. The van der Waals surface area contributed by atoms with Gasteiger partial charge in [-0.05, 0) is 18.4 Å². The number of nitrogens with zero attached hydrogens (tertiary/aromatic N) is 2. The first-order chi connectivity index (χ1) is 13.6. The number of hydrogen-bond donors (Lipinski definition) is 2. The van der Waals surface area contributed by atoms with Gasteiger partial charge in [-0.3, -0.25) is 4.79 Å². The molecule has 1 saturated heterocycles. The second kappa shape index (κ2) is 8.47. The summed E-state index contributed by atoms with van der Waals surface area (Å²) >= 11 is 0.836. The number of sulfonamides is 1. The Kier molecular flexibility index (Phi) is 6.37. The topological polar surface area (TPSA) is 110 Å². The van der Waals surface area contributed by atoms with Crippen molar-refractivity contribution in [3.05, 3.63) is 35.9 Å². The van der Waals surface area contributed by atoms with Crippen LogP contribution in [-0.2, 0) is 25.0 Å². The van der Waals surface area contributed by atoms with Gasteiger partial charge in [-0.1, -0.05) is 62.4 Å². The molecule has 0 saturated carbocycles. The number of carbonyl (C=O) groups is 1. The van der Waals surface area contributed by atoms with Crippen molar-refractivity contribution in [1.82, 2.24) is 14.9 Å². The van der Waals surface area contributed by atoms with Gasteiger partial charge < -0.3 is 10.1 Å². The van der Waals surface area contributed by atoms with Crippen molar-refractivity contribution in [3.63, 3.8) is 0 Å². The first-order valence-electron chi connectivity index (χ1n) is 9.40. The average molecular weight is 439 g/mol. The number of carbonyl (C=O) groups excluding carboxylic acids is 1. The summed E-state index contributed by atoms with van der Waals surface area (Å²) in [6.45, 7) is 6.70. The fraction of sp³-hybridized carbons (Fsp3) is 0.526. The molecule has 1 aromatic carbocycles. The number of benzene rings is 1. The molecule has 2 aromatic rings. The Labute approximate surface area is 175 Å². The lowest BCUT2D eigenvalue weighted by atomic mass is 9.74. The van der Waals surface area contributed by atoms with Gasteiger partial charge in [-0.25, -0.2) is 13.1 Å². The smallest absolute Gasteiger partial charge is 0.269 e. The fourth-order valence-corrected chi connectivity index (χ4v) is 5.13.